The zero-order chi connectivity index (χ0) is 22.2. The summed E-state index contributed by atoms with van der Waals surface area (Å²) in [5.41, 5.74) is 0.698. The van der Waals surface area contributed by atoms with Gasteiger partial charge >= 0.3 is 12.0 Å². The lowest BCUT2D eigenvalue weighted by Crippen LogP contribution is -2.48. The van der Waals surface area contributed by atoms with Gasteiger partial charge in [0, 0.05) is 16.6 Å². The molecule has 0 spiro atoms. The van der Waals surface area contributed by atoms with Crippen molar-refractivity contribution in [2.45, 2.75) is 43.9 Å². The number of urea groups is 1. The summed E-state index contributed by atoms with van der Waals surface area (Å²) in [5, 5.41) is 13.5. The van der Waals surface area contributed by atoms with E-state index in [2.05, 4.69) is 27.8 Å². The van der Waals surface area contributed by atoms with Gasteiger partial charge in [-0.2, -0.15) is 0 Å². The lowest BCUT2D eigenvalue weighted by molar-refractivity contribution is -0.145. The minimum Gasteiger partial charge on any atom is -0.455 e. The molecule has 2 atom stereocenters. The number of aromatic nitrogens is 2. The van der Waals surface area contributed by atoms with Gasteiger partial charge in [0.25, 0.3) is 11.1 Å². The standard InChI is InChI=1S/C20H23ClN4O5S/c1-12-4-2-3-5-15(12)22-19(28)23-16(26)10-29-17(27)11-31-20-25-24-18(30-20)13-6-8-14(21)9-7-13/h6-9,12,15H,2-5,10-11H2,1H3,(H2,22,23,26,28)/t12-,15+/m1/s1. The zero-order valence-electron chi connectivity index (χ0n) is 16.9. The summed E-state index contributed by atoms with van der Waals surface area (Å²) in [5.74, 6) is -0.796. The van der Waals surface area contributed by atoms with E-state index in [0.29, 0.717) is 22.4 Å². The average molecular weight is 467 g/mol. The number of imide groups is 1. The van der Waals surface area contributed by atoms with Gasteiger partial charge in [0.2, 0.25) is 5.89 Å². The van der Waals surface area contributed by atoms with E-state index >= 15 is 0 Å². The predicted molar refractivity (Wildman–Crippen MR) is 115 cm³/mol. The quantitative estimate of drug-likeness (QED) is 0.470. The molecule has 1 aliphatic rings. The van der Waals surface area contributed by atoms with Crippen molar-refractivity contribution in [3.63, 3.8) is 0 Å². The van der Waals surface area contributed by atoms with Crippen LogP contribution in [0.3, 0.4) is 0 Å². The predicted octanol–water partition coefficient (Wildman–Crippen LogP) is 3.43. The van der Waals surface area contributed by atoms with Crippen LogP contribution in [0.5, 0.6) is 0 Å². The summed E-state index contributed by atoms with van der Waals surface area (Å²) in [7, 11) is 0. The smallest absolute Gasteiger partial charge is 0.321 e. The van der Waals surface area contributed by atoms with Gasteiger partial charge in [-0.1, -0.05) is 43.1 Å². The minimum absolute atomic E-state index is 0.0488. The molecule has 1 aromatic carbocycles. The molecule has 2 N–H and O–H groups in total. The van der Waals surface area contributed by atoms with Crippen LogP contribution in [0.25, 0.3) is 11.5 Å². The number of amides is 3. The Kier molecular flexibility index (Phi) is 8.30. The van der Waals surface area contributed by atoms with Crippen molar-refractivity contribution in [1.29, 1.82) is 0 Å². The average Bonchev–Trinajstić information content (AvgIpc) is 3.22. The Balaban J connectivity index is 1.35. The fourth-order valence-electron chi connectivity index (χ4n) is 3.18. The van der Waals surface area contributed by atoms with E-state index in [1.807, 2.05) is 0 Å². The first-order valence-corrected chi connectivity index (χ1v) is 11.3. The molecule has 1 saturated carbocycles. The summed E-state index contributed by atoms with van der Waals surface area (Å²) in [6.45, 7) is 1.53. The van der Waals surface area contributed by atoms with Crippen LogP contribution in [0.1, 0.15) is 32.6 Å². The van der Waals surface area contributed by atoms with E-state index < -0.39 is 24.5 Å². The molecule has 31 heavy (non-hydrogen) atoms. The number of nitrogens with zero attached hydrogens (tertiary/aromatic N) is 2. The second-order valence-corrected chi connectivity index (χ2v) is 8.58. The SMILES string of the molecule is C[C@@H]1CCCC[C@@H]1NC(=O)NC(=O)COC(=O)CSc1nnc(-c2ccc(Cl)cc2)o1. The number of esters is 1. The van der Waals surface area contributed by atoms with E-state index in [4.69, 9.17) is 20.8 Å². The fourth-order valence-corrected chi connectivity index (χ4v) is 3.87. The molecule has 3 rings (SSSR count). The Morgan fingerprint density at radius 3 is 2.68 bits per heavy atom. The van der Waals surface area contributed by atoms with Crippen LogP contribution in [0.15, 0.2) is 33.9 Å². The van der Waals surface area contributed by atoms with Crippen LogP contribution in [-0.4, -0.2) is 46.5 Å². The molecule has 0 bridgehead atoms. The van der Waals surface area contributed by atoms with E-state index in [1.54, 1.807) is 24.3 Å². The molecule has 1 aliphatic carbocycles. The van der Waals surface area contributed by atoms with Crippen molar-refractivity contribution >= 4 is 41.3 Å². The summed E-state index contributed by atoms with van der Waals surface area (Å²) in [6.07, 6.45) is 4.15. The van der Waals surface area contributed by atoms with Crippen molar-refractivity contribution < 1.29 is 23.5 Å². The Labute approximate surface area is 188 Å². The number of carbonyl (C=O) groups is 3. The van der Waals surface area contributed by atoms with Gasteiger partial charge in [-0.3, -0.25) is 14.9 Å². The third-order valence-corrected chi connectivity index (χ3v) is 5.90. The van der Waals surface area contributed by atoms with Gasteiger partial charge in [0.1, 0.15) is 5.75 Å². The van der Waals surface area contributed by atoms with Crippen molar-refractivity contribution in [2.24, 2.45) is 5.92 Å². The maximum Gasteiger partial charge on any atom is 0.321 e. The molecular formula is C20H23ClN4O5S. The third-order valence-electron chi connectivity index (χ3n) is 4.86. The Bertz CT molecular complexity index is 921. The number of hydrogen-bond acceptors (Lipinski definition) is 8. The first kappa shape index (κ1) is 23.1. The molecule has 1 heterocycles. The van der Waals surface area contributed by atoms with Crippen LogP contribution < -0.4 is 10.6 Å². The number of rotatable bonds is 7. The molecule has 9 nitrogen and oxygen atoms in total. The molecule has 0 unspecified atom stereocenters. The van der Waals surface area contributed by atoms with Crippen molar-refractivity contribution in [3.8, 4) is 11.5 Å². The topological polar surface area (TPSA) is 123 Å². The van der Waals surface area contributed by atoms with E-state index in [0.717, 1.165) is 37.4 Å². The van der Waals surface area contributed by atoms with Gasteiger partial charge in [-0.15, -0.1) is 10.2 Å². The fraction of sp³-hybridized carbons (Fsp3) is 0.450. The molecule has 2 aromatic rings. The Hall–Kier alpha value is -2.59. The van der Waals surface area contributed by atoms with Gasteiger partial charge in [-0.25, -0.2) is 4.79 Å². The number of thioether (sulfide) groups is 1. The van der Waals surface area contributed by atoms with Crippen LogP contribution in [0.2, 0.25) is 5.02 Å². The molecular weight excluding hydrogens is 444 g/mol. The lowest BCUT2D eigenvalue weighted by atomic mass is 9.86. The summed E-state index contributed by atoms with van der Waals surface area (Å²) in [4.78, 5) is 35.6. The maximum atomic E-state index is 11.9. The second kappa shape index (κ2) is 11.1. The molecule has 0 aliphatic heterocycles. The van der Waals surface area contributed by atoms with Crippen LogP contribution in [-0.2, 0) is 14.3 Å². The highest BCUT2D eigenvalue weighted by molar-refractivity contribution is 7.99. The number of nitrogens with one attached hydrogen (secondary N) is 2. The van der Waals surface area contributed by atoms with Crippen molar-refractivity contribution in [2.75, 3.05) is 12.4 Å². The summed E-state index contributed by atoms with van der Waals surface area (Å²) >= 11 is 6.83. The first-order chi connectivity index (χ1) is 14.9. The molecule has 3 amide bonds. The second-order valence-electron chi connectivity index (χ2n) is 7.22. The van der Waals surface area contributed by atoms with Gasteiger partial charge in [0.15, 0.2) is 6.61 Å². The van der Waals surface area contributed by atoms with E-state index in [1.165, 1.54) is 0 Å². The van der Waals surface area contributed by atoms with Gasteiger partial charge in [0.05, 0.1) is 0 Å². The normalized spacial score (nSPS) is 18.3. The number of hydrogen-bond donors (Lipinski definition) is 2. The van der Waals surface area contributed by atoms with E-state index in [9.17, 15) is 14.4 Å². The van der Waals surface area contributed by atoms with Crippen molar-refractivity contribution in [1.82, 2.24) is 20.8 Å². The van der Waals surface area contributed by atoms with Gasteiger partial charge in [-0.05, 0) is 43.0 Å². The van der Waals surface area contributed by atoms with Crippen LogP contribution in [0.4, 0.5) is 4.79 Å². The van der Waals surface area contributed by atoms with Crippen LogP contribution >= 0.6 is 23.4 Å². The first-order valence-electron chi connectivity index (χ1n) is 9.89. The zero-order valence-corrected chi connectivity index (χ0v) is 18.5. The van der Waals surface area contributed by atoms with E-state index in [-0.39, 0.29) is 17.0 Å². The molecule has 1 fully saturated rings. The lowest BCUT2D eigenvalue weighted by Gasteiger charge is -2.29. The monoisotopic (exact) mass is 466 g/mol. The number of carbonyl (C=O) groups excluding carboxylic acids is 3. The number of benzene rings is 1. The maximum absolute atomic E-state index is 11.9. The highest BCUT2D eigenvalue weighted by Gasteiger charge is 2.23. The summed E-state index contributed by atoms with van der Waals surface area (Å²) < 4.78 is 10.4. The molecule has 0 radical (unpaired) electrons. The van der Waals surface area contributed by atoms with Gasteiger partial charge < -0.3 is 14.5 Å². The molecule has 166 valence electrons. The molecule has 11 heteroatoms. The third kappa shape index (κ3) is 7.25. The molecule has 0 saturated heterocycles. The highest BCUT2D eigenvalue weighted by Crippen LogP contribution is 2.25. The number of halogens is 1. The highest BCUT2D eigenvalue weighted by atomic mass is 35.5. The van der Waals surface area contributed by atoms with Crippen LogP contribution in [0, 0.1) is 5.92 Å². The largest absolute Gasteiger partial charge is 0.455 e. The Morgan fingerprint density at radius 1 is 1.19 bits per heavy atom. The minimum atomic E-state index is -0.692. The molecule has 1 aromatic heterocycles. The summed E-state index contributed by atoms with van der Waals surface area (Å²) in [6, 6.07) is 6.35. The van der Waals surface area contributed by atoms with Crippen molar-refractivity contribution in [3.05, 3.63) is 29.3 Å². The Morgan fingerprint density at radius 2 is 1.94 bits per heavy atom. The number of ether oxygens (including phenoxy) is 1.